The lowest BCUT2D eigenvalue weighted by atomic mass is 9.91. The van der Waals surface area contributed by atoms with Gasteiger partial charge in [0, 0.05) is 54.2 Å². The number of hydrogen-bond donors (Lipinski definition) is 1. The van der Waals surface area contributed by atoms with Gasteiger partial charge in [0.2, 0.25) is 0 Å². The van der Waals surface area contributed by atoms with E-state index in [1.807, 2.05) is 6.07 Å². The van der Waals surface area contributed by atoms with Crippen LogP contribution >= 0.6 is 22.7 Å². The van der Waals surface area contributed by atoms with Crippen LogP contribution in [0.5, 0.6) is 0 Å². The Kier molecular flexibility index (Phi) is 7.36. The van der Waals surface area contributed by atoms with E-state index in [9.17, 15) is 0 Å². The fourth-order valence-corrected chi connectivity index (χ4v) is 7.41. The zero-order valence-corrected chi connectivity index (χ0v) is 25.8. The third kappa shape index (κ3) is 5.36. The van der Waals surface area contributed by atoms with Crippen molar-refractivity contribution in [3.8, 4) is 43.1 Å². The summed E-state index contributed by atoms with van der Waals surface area (Å²) in [4.78, 5) is 4.93. The van der Waals surface area contributed by atoms with Crippen LogP contribution in [0.2, 0.25) is 0 Å². The maximum Gasteiger partial charge on any atom is 0.109 e. The Hall–Kier alpha value is -3.12. The Morgan fingerprint density at radius 3 is 1.41 bits per heavy atom. The van der Waals surface area contributed by atoms with Gasteiger partial charge in [-0.3, -0.25) is 0 Å². The normalized spacial score (nSPS) is 12.1. The number of nitrogens with zero attached hydrogens (tertiary/aromatic N) is 1. The maximum atomic E-state index is 6.96. The van der Waals surface area contributed by atoms with E-state index in [2.05, 4.69) is 125 Å². The minimum Gasteiger partial charge on any atom is -0.396 e. The van der Waals surface area contributed by atoms with Crippen LogP contribution in [0, 0.1) is 0 Å². The molecule has 5 aromatic rings. The summed E-state index contributed by atoms with van der Waals surface area (Å²) in [6.45, 7) is 13.5. The van der Waals surface area contributed by atoms with E-state index in [1.165, 1.54) is 32.0 Å². The van der Waals surface area contributed by atoms with Crippen LogP contribution in [-0.2, 0) is 23.3 Å². The fraction of sp³-hybridized carbons (Fsp3) is 0.235. The number of hydrogen-bond acceptors (Lipinski definition) is 5. The molecule has 39 heavy (non-hydrogen) atoms. The first-order valence-electron chi connectivity index (χ1n) is 13.1. The van der Waals surface area contributed by atoms with Gasteiger partial charge in [0.25, 0.3) is 0 Å². The molecule has 0 fully saturated rings. The summed E-state index contributed by atoms with van der Waals surface area (Å²) in [6.07, 6.45) is 0. The second kappa shape index (κ2) is 10.5. The predicted molar refractivity (Wildman–Crippen MR) is 175 cm³/mol. The largest absolute Gasteiger partial charge is 0.396 e. The minimum absolute atomic E-state index is 0.0219. The Bertz CT molecular complexity index is 1630. The lowest BCUT2D eigenvalue weighted by Gasteiger charge is -2.16. The van der Waals surface area contributed by atoms with E-state index >= 15 is 0 Å². The number of nitrogen functional groups attached to an aromatic ring is 1. The molecule has 0 bridgehead atoms. The van der Waals surface area contributed by atoms with Gasteiger partial charge in [-0.15, -0.1) is 22.7 Å². The second-order valence-corrected chi connectivity index (χ2v) is 14.2. The van der Waals surface area contributed by atoms with Gasteiger partial charge < -0.3 is 5.73 Å². The van der Waals surface area contributed by atoms with E-state index in [0.29, 0.717) is 11.4 Å². The van der Waals surface area contributed by atoms with Crippen LogP contribution in [0.4, 0.5) is 11.4 Å². The molecule has 0 unspecified atom stereocenters. The summed E-state index contributed by atoms with van der Waals surface area (Å²) in [5, 5.41) is 0. The molecule has 3 aromatic carbocycles. The van der Waals surface area contributed by atoms with E-state index in [1.54, 1.807) is 22.7 Å². The van der Waals surface area contributed by atoms with Gasteiger partial charge in [0.1, 0.15) is 5.69 Å². The second-order valence-electron chi connectivity index (χ2n) is 12.0. The zero-order chi connectivity index (χ0) is 27.9. The molecule has 0 saturated carbocycles. The first-order valence-corrected chi connectivity index (χ1v) is 15.1. The van der Waals surface area contributed by atoms with Crippen LogP contribution in [0.1, 0.15) is 51.3 Å². The molecule has 2 nitrogen and oxygen atoms in total. The van der Waals surface area contributed by atoms with Crippen molar-refractivity contribution >= 4 is 46.5 Å². The predicted octanol–water partition coefficient (Wildman–Crippen LogP) is 11.0. The van der Waals surface area contributed by atoms with Crippen molar-refractivity contribution in [2.24, 2.45) is 4.36 Å². The first kappa shape index (κ1) is 27.4. The quantitative estimate of drug-likeness (QED) is 0.215. The van der Waals surface area contributed by atoms with Crippen molar-refractivity contribution in [1.29, 1.82) is 0 Å². The fourth-order valence-electron chi connectivity index (χ4n) is 4.67. The number of nitrogens with two attached hydrogens (primary N) is 1. The highest BCUT2D eigenvalue weighted by Crippen LogP contribution is 2.52. The summed E-state index contributed by atoms with van der Waals surface area (Å²) in [7, 11) is 0. The topological polar surface area (TPSA) is 38.4 Å². The monoisotopic (exact) mass is 566 g/mol. The van der Waals surface area contributed by atoms with Crippen molar-refractivity contribution in [3.63, 3.8) is 0 Å². The molecule has 0 radical (unpaired) electrons. The van der Waals surface area contributed by atoms with Crippen LogP contribution in [0.3, 0.4) is 0 Å². The standard InChI is InChI=1S/C34H34N2S3/c1-33(2,3)27-19-25(21-13-9-7-10-14-21)31(38-27)23-17-18-24(30(36-37)29(23)35)32-26(22-15-11-8-12-16-22)20-28(39-32)34(4,5)6/h7-20H,35H2,1-6H3. The van der Waals surface area contributed by atoms with Crippen LogP contribution in [-0.4, -0.2) is 0 Å². The lowest BCUT2D eigenvalue weighted by molar-refractivity contribution is 0.604. The average Bonchev–Trinajstić information content (AvgIpc) is 3.55. The molecule has 0 spiro atoms. The highest BCUT2D eigenvalue weighted by Gasteiger charge is 2.26. The van der Waals surface area contributed by atoms with Crippen LogP contribution in [0.25, 0.3) is 43.1 Å². The van der Waals surface area contributed by atoms with Gasteiger partial charge in [-0.05, 0) is 34.1 Å². The number of anilines is 1. The number of benzene rings is 3. The highest BCUT2D eigenvalue weighted by atomic mass is 32.1. The van der Waals surface area contributed by atoms with Crippen LogP contribution < -0.4 is 5.73 Å². The Balaban J connectivity index is 1.73. The number of rotatable bonds is 5. The summed E-state index contributed by atoms with van der Waals surface area (Å²) in [6, 6.07) is 30.0. The van der Waals surface area contributed by atoms with Gasteiger partial charge >= 0.3 is 0 Å². The SMILES string of the molecule is CC(C)(C)c1cc(-c2ccccc2)c(-c2ccc(-c3sc(C(C)(C)C)cc3-c3ccccc3)c(N=S)c2N)s1. The zero-order valence-electron chi connectivity index (χ0n) is 23.3. The Morgan fingerprint density at radius 1 is 0.590 bits per heavy atom. The first-order chi connectivity index (χ1) is 18.5. The van der Waals surface area contributed by atoms with E-state index in [-0.39, 0.29) is 10.8 Å². The molecule has 2 aromatic heterocycles. The van der Waals surface area contributed by atoms with E-state index in [0.717, 1.165) is 20.9 Å². The van der Waals surface area contributed by atoms with Crippen molar-refractivity contribution in [2.45, 2.75) is 52.4 Å². The minimum atomic E-state index is 0.0219. The molecule has 0 aliphatic carbocycles. The third-order valence-corrected chi connectivity index (χ3v) is 10.3. The molecule has 5 rings (SSSR count). The van der Waals surface area contributed by atoms with Crippen molar-refractivity contribution in [1.82, 2.24) is 0 Å². The molecule has 0 saturated heterocycles. The summed E-state index contributed by atoms with van der Waals surface area (Å²) < 4.78 is 4.37. The summed E-state index contributed by atoms with van der Waals surface area (Å²) >= 11 is 8.99. The van der Waals surface area contributed by atoms with E-state index in [4.69, 9.17) is 18.2 Å². The molecule has 2 heterocycles. The number of thiophene rings is 2. The molecule has 198 valence electrons. The summed E-state index contributed by atoms with van der Waals surface area (Å²) in [5.41, 5.74) is 15.0. The van der Waals surface area contributed by atoms with Crippen molar-refractivity contribution in [3.05, 3.63) is 94.7 Å². The highest BCUT2D eigenvalue weighted by molar-refractivity contribution is 7.47. The van der Waals surface area contributed by atoms with Gasteiger partial charge in [0.15, 0.2) is 0 Å². The van der Waals surface area contributed by atoms with Gasteiger partial charge in [-0.1, -0.05) is 114 Å². The molecular formula is C34H34N2S3. The molecule has 0 aliphatic heterocycles. The summed E-state index contributed by atoms with van der Waals surface area (Å²) in [5.74, 6) is 0. The molecule has 0 atom stereocenters. The van der Waals surface area contributed by atoms with Gasteiger partial charge in [0.05, 0.1) is 5.69 Å². The maximum absolute atomic E-state index is 6.96. The molecular weight excluding hydrogens is 533 g/mol. The molecule has 0 aliphatic rings. The Morgan fingerprint density at radius 2 is 1.00 bits per heavy atom. The van der Waals surface area contributed by atoms with Crippen molar-refractivity contribution < 1.29 is 0 Å². The Labute approximate surface area is 245 Å². The molecule has 2 N–H and O–H groups in total. The van der Waals surface area contributed by atoms with Crippen molar-refractivity contribution in [2.75, 3.05) is 5.73 Å². The van der Waals surface area contributed by atoms with Crippen LogP contribution in [0.15, 0.2) is 89.3 Å². The molecule has 5 heteroatoms. The molecule has 0 amide bonds. The average molecular weight is 567 g/mol. The van der Waals surface area contributed by atoms with E-state index < -0.39 is 0 Å². The smallest absolute Gasteiger partial charge is 0.109 e. The lowest BCUT2D eigenvalue weighted by Crippen LogP contribution is -2.07. The van der Waals surface area contributed by atoms with Gasteiger partial charge in [-0.25, -0.2) is 0 Å². The third-order valence-electron chi connectivity index (χ3n) is 6.91. The van der Waals surface area contributed by atoms with Gasteiger partial charge in [-0.2, -0.15) is 4.36 Å².